The second kappa shape index (κ2) is 14.4. The van der Waals surface area contributed by atoms with Crippen molar-refractivity contribution in [1.29, 1.82) is 0 Å². The lowest BCUT2D eigenvalue weighted by molar-refractivity contribution is 0.447. The summed E-state index contributed by atoms with van der Waals surface area (Å²) >= 11 is 0. The summed E-state index contributed by atoms with van der Waals surface area (Å²) in [6.45, 7) is 10.9. The Hall–Kier alpha value is -6.78. The van der Waals surface area contributed by atoms with Crippen LogP contribution in [0.3, 0.4) is 0 Å². The van der Waals surface area contributed by atoms with Crippen molar-refractivity contribution in [2.24, 2.45) is 0 Å². The number of phenols is 1. The van der Waals surface area contributed by atoms with Crippen molar-refractivity contribution < 1.29 is 5.11 Å². The molecule has 0 saturated carbocycles. The number of pyridine rings is 1. The summed E-state index contributed by atoms with van der Waals surface area (Å²) in [6.07, 6.45) is 1.84. The zero-order valence-electron chi connectivity index (χ0n) is 33.0. The molecule has 0 fully saturated rings. The van der Waals surface area contributed by atoms with E-state index < -0.39 is 0 Å². The number of phenolic OH excluding ortho intramolecular Hbond substituents is 1. The van der Waals surface area contributed by atoms with Crippen LogP contribution < -0.4 is 0 Å². The standard InChI is InChI=1S/C53H45N3O/c1-34(2)38-31-45(51(57)46(33-38)53(3,4)5)52-55-49-43(44-32-39(47-27-14-15-29-54-47)30-37-22-12-13-23-40(37)44)26-17-28-48(49)56(52)50-41(35-18-8-6-9-19-35)24-16-25-42(50)36-20-10-7-11-21-36/h6-34,57H,1-5H3. The van der Waals surface area contributed by atoms with E-state index >= 15 is 0 Å². The third-order valence-corrected chi connectivity index (χ3v) is 11.1. The van der Waals surface area contributed by atoms with Crippen molar-refractivity contribution in [1.82, 2.24) is 14.5 Å². The van der Waals surface area contributed by atoms with Gasteiger partial charge in [0.05, 0.1) is 28.0 Å². The van der Waals surface area contributed by atoms with Gasteiger partial charge in [-0.3, -0.25) is 9.55 Å². The fourth-order valence-electron chi connectivity index (χ4n) is 8.16. The molecule has 278 valence electrons. The summed E-state index contributed by atoms with van der Waals surface area (Å²) in [4.78, 5) is 10.4. The summed E-state index contributed by atoms with van der Waals surface area (Å²) in [7, 11) is 0. The Bertz CT molecular complexity index is 2850. The Kier molecular flexibility index (Phi) is 9.05. The highest BCUT2D eigenvalue weighted by atomic mass is 16.3. The van der Waals surface area contributed by atoms with Crippen LogP contribution in [0.15, 0.2) is 170 Å². The van der Waals surface area contributed by atoms with E-state index in [1.807, 2.05) is 18.3 Å². The first-order chi connectivity index (χ1) is 27.7. The predicted octanol–water partition coefficient (Wildman–Crippen LogP) is 14.0. The van der Waals surface area contributed by atoms with E-state index in [4.69, 9.17) is 9.97 Å². The zero-order valence-corrected chi connectivity index (χ0v) is 33.0. The molecule has 4 heteroatoms. The highest BCUT2D eigenvalue weighted by molar-refractivity contribution is 6.07. The predicted molar refractivity (Wildman–Crippen MR) is 238 cm³/mol. The minimum absolute atomic E-state index is 0.232. The second-order valence-electron chi connectivity index (χ2n) is 16.2. The van der Waals surface area contributed by atoms with Crippen LogP contribution in [0.25, 0.3) is 83.5 Å². The molecule has 0 saturated heterocycles. The molecule has 0 unspecified atom stereocenters. The van der Waals surface area contributed by atoms with E-state index in [2.05, 4.69) is 191 Å². The minimum Gasteiger partial charge on any atom is -0.507 e. The van der Waals surface area contributed by atoms with E-state index in [-0.39, 0.29) is 17.1 Å². The first kappa shape index (κ1) is 35.9. The average Bonchev–Trinajstić information content (AvgIpc) is 3.63. The Morgan fingerprint density at radius 2 is 1.19 bits per heavy atom. The summed E-state index contributed by atoms with van der Waals surface area (Å²) in [5.41, 5.74) is 13.6. The van der Waals surface area contributed by atoms with Gasteiger partial charge in [0.1, 0.15) is 11.6 Å². The highest BCUT2D eigenvalue weighted by Gasteiger charge is 2.29. The van der Waals surface area contributed by atoms with Crippen molar-refractivity contribution in [3.8, 4) is 67.5 Å². The van der Waals surface area contributed by atoms with E-state index in [1.165, 1.54) is 0 Å². The van der Waals surface area contributed by atoms with Crippen molar-refractivity contribution in [3.63, 3.8) is 0 Å². The normalized spacial score (nSPS) is 11.8. The highest BCUT2D eigenvalue weighted by Crippen LogP contribution is 2.47. The van der Waals surface area contributed by atoms with Crippen LogP contribution in [0.1, 0.15) is 51.7 Å². The molecule has 57 heavy (non-hydrogen) atoms. The first-order valence-electron chi connectivity index (χ1n) is 19.8. The molecule has 0 bridgehead atoms. The third-order valence-electron chi connectivity index (χ3n) is 11.1. The number of hydrogen-bond acceptors (Lipinski definition) is 3. The van der Waals surface area contributed by atoms with Gasteiger partial charge in [-0.15, -0.1) is 0 Å². The lowest BCUT2D eigenvalue weighted by atomic mass is 9.82. The largest absolute Gasteiger partial charge is 0.507 e. The zero-order chi connectivity index (χ0) is 39.3. The van der Waals surface area contributed by atoms with Crippen molar-refractivity contribution >= 4 is 21.8 Å². The molecular weight excluding hydrogens is 695 g/mol. The van der Waals surface area contributed by atoms with Crippen LogP contribution in [0, 0.1) is 0 Å². The van der Waals surface area contributed by atoms with Crippen molar-refractivity contribution in [2.75, 3.05) is 0 Å². The first-order valence-corrected chi connectivity index (χ1v) is 19.8. The number of para-hydroxylation sites is 2. The van der Waals surface area contributed by atoms with Gasteiger partial charge in [-0.2, -0.15) is 0 Å². The van der Waals surface area contributed by atoms with Crippen molar-refractivity contribution in [3.05, 3.63) is 181 Å². The van der Waals surface area contributed by atoms with Gasteiger partial charge < -0.3 is 5.11 Å². The SMILES string of the molecule is CC(C)c1cc(-c2nc3c(-c4cc(-c5ccccn5)cc5ccccc45)cccc3n2-c2c(-c3ccccc3)cccc2-c2ccccc2)c(O)c(C(C)(C)C)c1. The topological polar surface area (TPSA) is 50.9 Å². The fourth-order valence-corrected chi connectivity index (χ4v) is 8.16. The molecule has 2 aromatic heterocycles. The van der Waals surface area contributed by atoms with Gasteiger partial charge in [-0.1, -0.05) is 162 Å². The number of imidazole rings is 1. The molecule has 9 rings (SSSR count). The number of hydrogen-bond donors (Lipinski definition) is 1. The Morgan fingerprint density at radius 1 is 0.561 bits per heavy atom. The number of nitrogens with zero attached hydrogens (tertiary/aromatic N) is 3. The van der Waals surface area contributed by atoms with Gasteiger partial charge in [0.25, 0.3) is 0 Å². The Morgan fingerprint density at radius 3 is 1.84 bits per heavy atom. The molecular formula is C53H45N3O. The maximum Gasteiger partial charge on any atom is 0.149 e. The van der Waals surface area contributed by atoms with Gasteiger partial charge in [0.2, 0.25) is 0 Å². The van der Waals surface area contributed by atoms with Gasteiger partial charge in [-0.05, 0) is 80.8 Å². The van der Waals surface area contributed by atoms with Gasteiger partial charge in [-0.25, -0.2) is 4.98 Å². The molecule has 0 amide bonds. The van der Waals surface area contributed by atoms with Crippen LogP contribution in [0.4, 0.5) is 0 Å². The Balaban J connectivity index is 1.45. The number of benzene rings is 7. The summed E-state index contributed by atoms with van der Waals surface area (Å²) < 4.78 is 2.31. The van der Waals surface area contributed by atoms with Crippen LogP contribution >= 0.6 is 0 Å². The Labute approximate surface area is 334 Å². The monoisotopic (exact) mass is 739 g/mol. The quantitative estimate of drug-likeness (QED) is 0.177. The number of fused-ring (bicyclic) bond motifs is 2. The maximum absolute atomic E-state index is 12.5. The molecule has 1 N–H and O–H groups in total. The molecule has 9 aromatic rings. The fraction of sp³-hybridized carbons (Fsp3) is 0.132. The van der Waals surface area contributed by atoms with E-state index in [9.17, 15) is 5.11 Å². The number of aromatic hydroxyl groups is 1. The van der Waals surface area contributed by atoms with Gasteiger partial charge in [0, 0.05) is 34.0 Å². The maximum atomic E-state index is 12.5. The van der Waals surface area contributed by atoms with Crippen LogP contribution in [0.2, 0.25) is 0 Å². The molecule has 0 aliphatic carbocycles. The van der Waals surface area contributed by atoms with E-state index in [0.717, 1.165) is 83.3 Å². The molecule has 0 aliphatic rings. The molecule has 4 nitrogen and oxygen atoms in total. The van der Waals surface area contributed by atoms with Crippen LogP contribution in [-0.2, 0) is 5.41 Å². The molecule has 7 aromatic carbocycles. The van der Waals surface area contributed by atoms with Crippen LogP contribution in [0.5, 0.6) is 5.75 Å². The third kappa shape index (κ3) is 6.47. The van der Waals surface area contributed by atoms with E-state index in [1.54, 1.807) is 0 Å². The second-order valence-corrected chi connectivity index (χ2v) is 16.2. The van der Waals surface area contributed by atoms with Crippen molar-refractivity contribution in [2.45, 2.75) is 46.0 Å². The van der Waals surface area contributed by atoms with Gasteiger partial charge >= 0.3 is 0 Å². The van der Waals surface area contributed by atoms with Crippen LogP contribution in [-0.4, -0.2) is 19.6 Å². The average molecular weight is 740 g/mol. The molecule has 0 spiro atoms. The molecule has 2 heterocycles. The van der Waals surface area contributed by atoms with Gasteiger partial charge in [0.15, 0.2) is 0 Å². The summed E-state index contributed by atoms with van der Waals surface area (Å²) in [5, 5.41) is 14.7. The molecule has 0 atom stereocenters. The lowest BCUT2D eigenvalue weighted by Gasteiger charge is -2.25. The summed E-state index contributed by atoms with van der Waals surface area (Å²) in [5.74, 6) is 1.18. The van der Waals surface area contributed by atoms with E-state index in [0.29, 0.717) is 11.4 Å². The lowest BCUT2D eigenvalue weighted by Crippen LogP contribution is -2.13. The molecule has 0 radical (unpaired) electrons. The number of aromatic nitrogens is 3. The number of rotatable bonds is 7. The smallest absolute Gasteiger partial charge is 0.149 e. The molecule has 0 aliphatic heterocycles. The summed E-state index contributed by atoms with van der Waals surface area (Å²) in [6, 6.07) is 57.6. The minimum atomic E-state index is -0.312.